The predicted octanol–water partition coefficient (Wildman–Crippen LogP) is 4.57. The molecule has 0 bridgehead atoms. The molecule has 2 aromatic carbocycles. The van der Waals surface area contributed by atoms with Gasteiger partial charge in [0.05, 0.1) is 0 Å². The lowest BCUT2D eigenvalue weighted by molar-refractivity contribution is 0.101. The van der Waals surface area contributed by atoms with Crippen molar-refractivity contribution in [1.82, 2.24) is 0 Å². The Bertz CT molecular complexity index is 653. The summed E-state index contributed by atoms with van der Waals surface area (Å²) < 4.78 is 19.2. The Morgan fingerprint density at radius 2 is 2.00 bits per heavy atom. The van der Waals surface area contributed by atoms with Gasteiger partial charge in [0.2, 0.25) is 0 Å². The van der Waals surface area contributed by atoms with Gasteiger partial charge in [0.15, 0.2) is 17.3 Å². The highest BCUT2D eigenvalue weighted by atomic mass is 35.5. The van der Waals surface area contributed by atoms with Crippen molar-refractivity contribution in [3.63, 3.8) is 0 Å². The first-order valence-electron chi connectivity index (χ1n) is 6.15. The van der Waals surface area contributed by atoms with Crippen molar-refractivity contribution in [2.24, 2.45) is 0 Å². The fraction of sp³-hybridized carbons (Fsp3) is 0.188. The van der Waals surface area contributed by atoms with E-state index in [1.165, 1.54) is 25.1 Å². The number of hydrogen-bond acceptors (Lipinski definition) is 2. The van der Waals surface area contributed by atoms with Crippen LogP contribution in [0.4, 0.5) is 4.39 Å². The maximum Gasteiger partial charge on any atom is 0.165 e. The van der Waals surface area contributed by atoms with Gasteiger partial charge in [-0.15, -0.1) is 0 Å². The molecular weight excluding hydrogens is 279 g/mol. The average Bonchev–Trinajstić information content (AvgIpc) is 2.38. The second-order valence-corrected chi connectivity index (χ2v) is 4.99. The molecule has 0 radical (unpaired) electrons. The zero-order valence-corrected chi connectivity index (χ0v) is 12.0. The van der Waals surface area contributed by atoms with Crippen LogP contribution in [0.2, 0.25) is 5.02 Å². The lowest BCUT2D eigenvalue weighted by atomic mass is 10.1. The number of hydrogen-bond donors (Lipinski definition) is 0. The van der Waals surface area contributed by atoms with Crippen molar-refractivity contribution in [2.45, 2.75) is 20.5 Å². The summed E-state index contributed by atoms with van der Waals surface area (Å²) in [7, 11) is 0. The van der Waals surface area contributed by atoms with Gasteiger partial charge in [-0.25, -0.2) is 4.39 Å². The van der Waals surface area contributed by atoms with Crippen molar-refractivity contribution in [3.8, 4) is 5.75 Å². The van der Waals surface area contributed by atoms with Crippen molar-refractivity contribution < 1.29 is 13.9 Å². The Kier molecular flexibility index (Phi) is 4.40. The Hall–Kier alpha value is -1.87. The van der Waals surface area contributed by atoms with E-state index < -0.39 is 5.82 Å². The highest BCUT2D eigenvalue weighted by Crippen LogP contribution is 2.23. The van der Waals surface area contributed by atoms with Gasteiger partial charge in [-0.2, -0.15) is 0 Å². The predicted molar refractivity (Wildman–Crippen MR) is 76.9 cm³/mol. The van der Waals surface area contributed by atoms with Gasteiger partial charge in [0.25, 0.3) is 0 Å². The van der Waals surface area contributed by atoms with Gasteiger partial charge in [-0.3, -0.25) is 4.79 Å². The zero-order chi connectivity index (χ0) is 14.7. The molecule has 104 valence electrons. The first-order valence-corrected chi connectivity index (χ1v) is 6.53. The lowest BCUT2D eigenvalue weighted by Crippen LogP contribution is -2.00. The second-order valence-electron chi connectivity index (χ2n) is 4.58. The molecule has 0 aliphatic heterocycles. The molecule has 0 heterocycles. The van der Waals surface area contributed by atoms with Crippen LogP contribution < -0.4 is 4.74 Å². The summed E-state index contributed by atoms with van der Waals surface area (Å²) in [6, 6.07) is 9.76. The third-order valence-corrected chi connectivity index (χ3v) is 3.28. The summed E-state index contributed by atoms with van der Waals surface area (Å²) in [5, 5.41) is 0.589. The van der Waals surface area contributed by atoms with E-state index >= 15 is 0 Å². The minimum Gasteiger partial charge on any atom is -0.486 e. The number of Topliss-reactive ketones (excluding diaryl/α,β-unsaturated/α-hetero) is 1. The standard InChI is InChI=1S/C16H14ClFO2/c1-10-3-4-13(14(17)7-10)9-20-16-6-5-12(11(2)19)8-15(16)18/h3-8H,9H2,1-2H3. The van der Waals surface area contributed by atoms with Crippen LogP contribution in [-0.2, 0) is 6.61 Å². The van der Waals surface area contributed by atoms with E-state index in [1.807, 2.05) is 25.1 Å². The molecule has 0 N–H and O–H groups in total. The number of ketones is 1. The van der Waals surface area contributed by atoms with Gasteiger partial charge in [-0.05, 0) is 43.7 Å². The molecule has 0 aliphatic rings. The number of benzene rings is 2. The van der Waals surface area contributed by atoms with Crippen LogP contribution in [0.25, 0.3) is 0 Å². The molecule has 0 atom stereocenters. The Morgan fingerprint density at radius 3 is 2.60 bits per heavy atom. The zero-order valence-electron chi connectivity index (χ0n) is 11.2. The van der Waals surface area contributed by atoms with Crippen molar-refractivity contribution in [3.05, 3.63) is 63.9 Å². The first-order chi connectivity index (χ1) is 9.47. The van der Waals surface area contributed by atoms with E-state index in [1.54, 1.807) is 0 Å². The van der Waals surface area contributed by atoms with Gasteiger partial charge in [-0.1, -0.05) is 23.7 Å². The maximum atomic E-state index is 13.8. The van der Waals surface area contributed by atoms with E-state index in [9.17, 15) is 9.18 Å². The molecule has 2 nitrogen and oxygen atoms in total. The minimum atomic E-state index is -0.555. The van der Waals surface area contributed by atoms with Gasteiger partial charge >= 0.3 is 0 Å². The first kappa shape index (κ1) is 14.5. The molecule has 4 heteroatoms. The van der Waals surface area contributed by atoms with Crippen LogP contribution in [0.3, 0.4) is 0 Å². The smallest absolute Gasteiger partial charge is 0.165 e. The quantitative estimate of drug-likeness (QED) is 0.772. The largest absolute Gasteiger partial charge is 0.486 e. The molecule has 2 aromatic rings. The van der Waals surface area contributed by atoms with Crippen LogP contribution in [-0.4, -0.2) is 5.78 Å². The topological polar surface area (TPSA) is 26.3 Å². The van der Waals surface area contributed by atoms with E-state index in [2.05, 4.69) is 0 Å². The van der Waals surface area contributed by atoms with Crippen LogP contribution in [0.5, 0.6) is 5.75 Å². The summed E-state index contributed by atoms with van der Waals surface area (Å²) in [4.78, 5) is 11.1. The third-order valence-electron chi connectivity index (χ3n) is 2.93. The summed E-state index contributed by atoms with van der Waals surface area (Å²) in [6.07, 6.45) is 0. The van der Waals surface area contributed by atoms with Crippen LogP contribution in [0.1, 0.15) is 28.4 Å². The molecule has 20 heavy (non-hydrogen) atoms. The van der Waals surface area contributed by atoms with Gasteiger partial charge < -0.3 is 4.74 Å². The number of carbonyl (C=O) groups excluding carboxylic acids is 1. The Labute approximate surface area is 122 Å². The van der Waals surface area contributed by atoms with E-state index in [4.69, 9.17) is 16.3 Å². The van der Waals surface area contributed by atoms with Crippen LogP contribution >= 0.6 is 11.6 Å². The molecule has 0 aromatic heterocycles. The lowest BCUT2D eigenvalue weighted by Gasteiger charge is -2.09. The molecule has 0 amide bonds. The summed E-state index contributed by atoms with van der Waals surface area (Å²) in [5.74, 6) is -0.635. The fourth-order valence-corrected chi connectivity index (χ4v) is 2.05. The molecule has 0 fully saturated rings. The molecule has 0 spiro atoms. The number of carbonyl (C=O) groups is 1. The molecule has 0 unspecified atom stereocenters. The highest BCUT2D eigenvalue weighted by Gasteiger charge is 2.08. The van der Waals surface area contributed by atoms with Crippen molar-refractivity contribution in [1.29, 1.82) is 0 Å². The Morgan fingerprint density at radius 1 is 1.25 bits per heavy atom. The van der Waals surface area contributed by atoms with E-state index in [0.29, 0.717) is 10.6 Å². The fourth-order valence-electron chi connectivity index (χ4n) is 1.76. The average molecular weight is 293 g/mol. The minimum absolute atomic E-state index is 0.103. The second kappa shape index (κ2) is 6.06. The molecule has 0 saturated carbocycles. The molecular formula is C16H14ClFO2. The van der Waals surface area contributed by atoms with Crippen LogP contribution in [0, 0.1) is 12.7 Å². The van der Waals surface area contributed by atoms with Gasteiger partial charge in [0, 0.05) is 16.1 Å². The van der Waals surface area contributed by atoms with E-state index in [0.717, 1.165) is 11.1 Å². The SMILES string of the molecule is CC(=O)c1ccc(OCc2ccc(C)cc2Cl)c(F)c1. The Balaban J connectivity index is 2.13. The normalized spacial score (nSPS) is 10.4. The van der Waals surface area contributed by atoms with Crippen molar-refractivity contribution in [2.75, 3.05) is 0 Å². The van der Waals surface area contributed by atoms with Crippen LogP contribution in [0.15, 0.2) is 36.4 Å². The van der Waals surface area contributed by atoms with Crippen molar-refractivity contribution >= 4 is 17.4 Å². The summed E-state index contributed by atoms with van der Waals surface area (Å²) in [6.45, 7) is 3.51. The number of aryl methyl sites for hydroxylation is 1. The number of rotatable bonds is 4. The molecule has 0 saturated heterocycles. The number of halogens is 2. The summed E-state index contributed by atoms with van der Waals surface area (Å²) in [5.41, 5.74) is 2.16. The van der Waals surface area contributed by atoms with E-state index in [-0.39, 0.29) is 18.1 Å². The monoisotopic (exact) mass is 292 g/mol. The number of ether oxygens (including phenoxy) is 1. The third kappa shape index (κ3) is 3.36. The maximum absolute atomic E-state index is 13.8. The van der Waals surface area contributed by atoms with Gasteiger partial charge in [0.1, 0.15) is 6.61 Å². The molecule has 0 aliphatic carbocycles. The summed E-state index contributed by atoms with van der Waals surface area (Å²) >= 11 is 6.08. The highest BCUT2D eigenvalue weighted by molar-refractivity contribution is 6.31. The molecule has 2 rings (SSSR count).